The molecule has 0 aliphatic heterocycles. The summed E-state index contributed by atoms with van der Waals surface area (Å²) < 4.78 is 31.6. The predicted octanol–water partition coefficient (Wildman–Crippen LogP) is 5.22. The second-order valence-corrected chi connectivity index (χ2v) is 15.1. The molecule has 39 heavy (non-hydrogen) atoms. The van der Waals surface area contributed by atoms with Crippen LogP contribution in [0.2, 0.25) is 0 Å². The van der Waals surface area contributed by atoms with Gasteiger partial charge < -0.3 is 14.7 Å². The molecule has 218 valence electrons. The minimum absolute atomic E-state index is 0.0136. The normalized spacial score (nSPS) is 24.2. The van der Waals surface area contributed by atoms with Gasteiger partial charge in [0.05, 0.1) is 23.4 Å². The molecule has 1 heterocycles. The molecule has 0 spiro atoms. The van der Waals surface area contributed by atoms with E-state index in [0.29, 0.717) is 48.8 Å². The SMILES string of the molecule is COCCN(C1CCC(N(C(=O)C2CCC(C)CC2)c2cc(C#CC(C)(C)C)sc2C(=O)O)CC1)S(C)(=O)=O. The number of aromatic carboxylic acids is 1. The first kappa shape index (κ1) is 31.6. The van der Waals surface area contributed by atoms with Gasteiger partial charge in [-0.25, -0.2) is 13.2 Å². The van der Waals surface area contributed by atoms with E-state index in [1.807, 2.05) is 20.8 Å². The molecule has 0 saturated heterocycles. The zero-order chi connectivity index (χ0) is 29.0. The summed E-state index contributed by atoms with van der Waals surface area (Å²) in [6.45, 7) is 8.80. The number of anilines is 1. The van der Waals surface area contributed by atoms with Crippen molar-refractivity contribution < 1.29 is 27.9 Å². The average Bonchev–Trinajstić information content (AvgIpc) is 3.27. The zero-order valence-electron chi connectivity index (χ0n) is 24.2. The highest BCUT2D eigenvalue weighted by atomic mass is 32.2. The van der Waals surface area contributed by atoms with E-state index in [9.17, 15) is 23.1 Å². The third kappa shape index (κ3) is 8.53. The van der Waals surface area contributed by atoms with Crippen molar-refractivity contribution in [2.75, 3.05) is 31.4 Å². The van der Waals surface area contributed by atoms with E-state index >= 15 is 0 Å². The van der Waals surface area contributed by atoms with E-state index in [4.69, 9.17) is 4.74 Å². The molecule has 1 N–H and O–H groups in total. The molecular weight excluding hydrogens is 536 g/mol. The maximum absolute atomic E-state index is 14.1. The van der Waals surface area contributed by atoms with Crippen molar-refractivity contribution in [3.63, 3.8) is 0 Å². The molecule has 0 atom stereocenters. The third-order valence-electron chi connectivity index (χ3n) is 7.71. The smallest absolute Gasteiger partial charge is 0.348 e. The Hall–Kier alpha value is -1.93. The Morgan fingerprint density at radius 2 is 1.67 bits per heavy atom. The van der Waals surface area contributed by atoms with Gasteiger partial charge in [0.25, 0.3) is 0 Å². The van der Waals surface area contributed by atoms with E-state index in [1.54, 1.807) is 18.1 Å². The molecule has 0 aromatic carbocycles. The van der Waals surface area contributed by atoms with E-state index in [2.05, 4.69) is 18.8 Å². The van der Waals surface area contributed by atoms with Crippen LogP contribution in [0.5, 0.6) is 0 Å². The van der Waals surface area contributed by atoms with Crippen LogP contribution in [-0.4, -0.2) is 68.3 Å². The highest BCUT2D eigenvalue weighted by Gasteiger charge is 2.39. The Morgan fingerprint density at radius 1 is 1.08 bits per heavy atom. The molecule has 3 rings (SSSR count). The first-order chi connectivity index (χ1) is 18.2. The van der Waals surface area contributed by atoms with Gasteiger partial charge in [-0.1, -0.05) is 18.8 Å². The van der Waals surface area contributed by atoms with Crippen LogP contribution in [0.1, 0.15) is 93.6 Å². The molecule has 1 amide bonds. The fourth-order valence-corrected chi connectivity index (χ4v) is 7.63. The minimum Gasteiger partial charge on any atom is -0.477 e. The van der Waals surface area contributed by atoms with Gasteiger partial charge in [-0.05, 0) is 84.1 Å². The Balaban J connectivity index is 1.95. The van der Waals surface area contributed by atoms with Crippen molar-refractivity contribution in [3.8, 4) is 11.8 Å². The lowest BCUT2D eigenvalue weighted by molar-refractivity contribution is -0.124. The standard InChI is InChI=1S/C29H44N2O6S2/c1-20-7-9-21(10-8-20)27(32)31(25-19-24(15-16-29(2,3)4)38-26(25)28(33)34)23-13-11-22(12-14-23)30(17-18-37-5)39(6,35)36/h19-23H,7-14,17-18H2,1-6H3,(H,33,34). The summed E-state index contributed by atoms with van der Waals surface area (Å²) in [4.78, 5) is 29.0. The Morgan fingerprint density at radius 3 is 2.18 bits per heavy atom. The number of rotatable bonds is 9. The summed E-state index contributed by atoms with van der Waals surface area (Å²) in [6, 6.07) is 1.39. The van der Waals surface area contributed by atoms with Crippen LogP contribution < -0.4 is 4.90 Å². The lowest BCUT2D eigenvalue weighted by Crippen LogP contribution is -2.50. The molecule has 0 unspecified atom stereocenters. The molecule has 1 aromatic heterocycles. The number of carboxylic acid groups (broad SMARTS) is 1. The lowest BCUT2D eigenvalue weighted by atomic mass is 9.81. The number of methoxy groups -OCH3 is 1. The molecule has 2 saturated carbocycles. The molecule has 1 aromatic rings. The molecule has 8 nitrogen and oxygen atoms in total. The minimum atomic E-state index is -3.42. The highest BCUT2D eigenvalue weighted by Crippen LogP contribution is 2.39. The molecule has 2 aliphatic rings. The number of carbonyl (C=O) groups excluding carboxylic acids is 1. The van der Waals surface area contributed by atoms with Crippen LogP contribution in [0.3, 0.4) is 0 Å². The van der Waals surface area contributed by atoms with Crippen molar-refractivity contribution >= 4 is 38.9 Å². The van der Waals surface area contributed by atoms with Crippen LogP contribution in [0.4, 0.5) is 5.69 Å². The summed E-state index contributed by atoms with van der Waals surface area (Å²) in [5.41, 5.74) is 0.186. The van der Waals surface area contributed by atoms with Crippen LogP contribution in [-0.2, 0) is 19.6 Å². The zero-order valence-corrected chi connectivity index (χ0v) is 25.8. The van der Waals surface area contributed by atoms with E-state index in [-0.39, 0.29) is 40.7 Å². The molecule has 2 aliphatic carbocycles. The number of thiophene rings is 1. The Bertz CT molecular complexity index is 1170. The molecular formula is C29H44N2O6S2. The van der Waals surface area contributed by atoms with E-state index in [1.165, 1.54) is 10.6 Å². The van der Waals surface area contributed by atoms with Crippen molar-refractivity contribution in [2.45, 2.75) is 91.1 Å². The molecule has 0 radical (unpaired) electrons. The fraction of sp³-hybridized carbons (Fsp3) is 0.724. The summed E-state index contributed by atoms with van der Waals surface area (Å²) in [7, 11) is -1.87. The van der Waals surface area contributed by atoms with E-state index < -0.39 is 16.0 Å². The van der Waals surface area contributed by atoms with Gasteiger partial charge in [0.15, 0.2) is 0 Å². The number of carboxylic acids is 1. The summed E-state index contributed by atoms with van der Waals surface area (Å²) in [6.07, 6.45) is 7.16. The number of hydrogen-bond donors (Lipinski definition) is 1. The van der Waals surface area contributed by atoms with Gasteiger partial charge in [-0.2, -0.15) is 4.31 Å². The van der Waals surface area contributed by atoms with Crippen molar-refractivity contribution in [2.24, 2.45) is 17.3 Å². The fourth-order valence-electron chi connectivity index (χ4n) is 5.63. The average molecular weight is 581 g/mol. The number of nitrogens with zero attached hydrogens (tertiary/aromatic N) is 2. The second kappa shape index (κ2) is 13.2. The maximum Gasteiger partial charge on any atom is 0.348 e. The topological polar surface area (TPSA) is 104 Å². The van der Waals surface area contributed by atoms with Crippen molar-refractivity contribution in [1.82, 2.24) is 4.31 Å². The number of amides is 1. The van der Waals surface area contributed by atoms with Gasteiger partial charge in [-0.15, -0.1) is 11.3 Å². The molecule has 2 fully saturated rings. The largest absolute Gasteiger partial charge is 0.477 e. The van der Waals surface area contributed by atoms with Crippen LogP contribution in [0.25, 0.3) is 0 Å². The highest BCUT2D eigenvalue weighted by molar-refractivity contribution is 7.88. The monoisotopic (exact) mass is 580 g/mol. The van der Waals surface area contributed by atoms with Gasteiger partial charge in [0.1, 0.15) is 4.88 Å². The number of hydrogen-bond acceptors (Lipinski definition) is 6. The third-order valence-corrected chi connectivity index (χ3v) is 10.1. The second-order valence-electron chi connectivity index (χ2n) is 12.1. The number of ether oxygens (including phenoxy) is 1. The molecule has 10 heteroatoms. The summed E-state index contributed by atoms with van der Waals surface area (Å²) in [5, 5.41) is 10.1. The number of sulfonamides is 1. The van der Waals surface area contributed by atoms with Gasteiger partial charge in [0.2, 0.25) is 15.9 Å². The first-order valence-corrected chi connectivity index (χ1v) is 16.6. The maximum atomic E-state index is 14.1. The summed E-state index contributed by atoms with van der Waals surface area (Å²) >= 11 is 1.11. The quantitative estimate of drug-likeness (QED) is 0.402. The van der Waals surface area contributed by atoms with Crippen LogP contribution >= 0.6 is 11.3 Å². The molecule has 0 bridgehead atoms. The van der Waals surface area contributed by atoms with E-state index in [0.717, 1.165) is 37.0 Å². The lowest BCUT2D eigenvalue weighted by Gasteiger charge is -2.41. The van der Waals surface area contributed by atoms with Crippen LogP contribution in [0, 0.1) is 29.1 Å². The van der Waals surface area contributed by atoms with Gasteiger partial charge in [-0.3, -0.25) is 4.79 Å². The van der Waals surface area contributed by atoms with Gasteiger partial charge in [0, 0.05) is 37.1 Å². The number of carbonyl (C=O) groups is 2. The first-order valence-electron chi connectivity index (χ1n) is 13.9. The summed E-state index contributed by atoms with van der Waals surface area (Å²) in [5.74, 6) is 5.66. The van der Waals surface area contributed by atoms with Crippen LogP contribution in [0.15, 0.2) is 6.07 Å². The van der Waals surface area contributed by atoms with Crippen molar-refractivity contribution in [3.05, 3.63) is 15.8 Å². The van der Waals surface area contributed by atoms with Crippen molar-refractivity contribution in [1.29, 1.82) is 0 Å². The Labute approximate surface area is 238 Å². The predicted molar refractivity (Wildman–Crippen MR) is 156 cm³/mol. The van der Waals surface area contributed by atoms with Gasteiger partial charge >= 0.3 is 5.97 Å². The Kier molecular flexibility index (Phi) is 10.7.